The number of fused-ring (bicyclic) bond motifs is 1. The van der Waals surface area contributed by atoms with Crippen LogP contribution < -0.4 is 0 Å². The second-order valence-corrected chi connectivity index (χ2v) is 2.35. The molecule has 0 aliphatic carbocycles. The van der Waals surface area contributed by atoms with Gasteiger partial charge in [-0.25, -0.2) is 0 Å². The van der Waals surface area contributed by atoms with Crippen LogP contribution in [0.1, 0.15) is 0 Å². The van der Waals surface area contributed by atoms with E-state index in [4.69, 9.17) is 0 Å². The average Bonchev–Trinajstić information content (AvgIpc) is 2.06. The first-order valence-electron chi connectivity index (χ1n) is 3.40. The van der Waals surface area contributed by atoms with Gasteiger partial charge >= 0.3 is 45.5 Å². The van der Waals surface area contributed by atoms with Gasteiger partial charge in [-0.3, -0.25) is 4.98 Å². The van der Waals surface area contributed by atoms with E-state index in [2.05, 4.69) is 4.98 Å². The summed E-state index contributed by atoms with van der Waals surface area (Å²) >= 11 is 0. The van der Waals surface area contributed by atoms with E-state index >= 15 is 0 Å². The summed E-state index contributed by atoms with van der Waals surface area (Å²) in [5.74, 6) is 0.239. The molecule has 3 heteroatoms. The van der Waals surface area contributed by atoms with E-state index in [0.717, 1.165) is 5.39 Å². The van der Waals surface area contributed by atoms with Crippen LogP contribution in [0.15, 0.2) is 36.5 Å². The molecule has 0 unspecified atom stereocenters. The summed E-state index contributed by atoms with van der Waals surface area (Å²) in [5.41, 5.74) is 0.662. The van der Waals surface area contributed by atoms with E-state index in [0.29, 0.717) is 5.52 Å². The fourth-order valence-corrected chi connectivity index (χ4v) is 1.09. The van der Waals surface area contributed by atoms with E-state index in [1.54, 1.807) is 18.3 Å². The molecule has 2 rings (SSSR count). The van der Waals surface area contributed by atoms with Crippen LogP contribution in [0.5, 0.6) is 5.75 Å². The van der Waals surface area contributed by atoms with E-state index in [9.17, 15) is 5.11 Å². The Hall–Kier alpha value is -0.0895. The van der Waals surface area contributed by atoms with E-state index < -0.39 is 0 Å². The molecule has 1 aromatic carbocycles. The van der Waals surface area contributed by atoms with Gasteiger partial charge in [0.2, 0.25) is 0 Å². The van der Waals surface area contributed by atoms with E-state index in [1.807, 2.05) is 18.2 Å². The van der Waals surface area contributed by atoms with Crippen molar-refractivity contribution in [2.24, 2.45) is 0 Å². The van der Waals surface area contributed by atoms with Gasteiger partial charge in [-0.05, 0) is 12.1 Å². The Balaban J connectivity index is 0.000000720. The quantitative estimate of drug-likeness (QED) is 0.691. The van der Waals surface area contributed by atoms with Gasteiger partial charge in [0.05, 0.1) is 0 Å². The number of benzene rings is 1. The number of phenolic OH excluding ortho intramolecular Hbond substituents is 1. The van der Waals surface area contributed by atoms with Crippen molar-refractivity contribution < 1.29 is 5.11 Å². The molecular weight excluding hydrogens is 226 g/mol. The third-order valence-electron chi connectivity index (χ3n) is 1.61. The van der Waals surface area contributed by atoms with Crippen molar-refractivity contribution in [2.45, 2.75) is 0 Å². The summed E-state index contributed by atoms with van der Waals surface area (Å²) in [7, 11) is 0. The first-order chi connectivity index (χ1) is 5.38. The van der Waals surface area contributed by atoms with Crippen LogP contribution in [0.2, 0.25) is 0 Å². The molecule has 2 aromatic rings. The maximum absolute atomic E-state index is 9.31. The number of para-hydroxylation sites is 1. The third kappa shape index (κ3) is 1.80. The minimum atomic E-state index is 0. The summed E-state index contributed by atoms with van der Waals surface area (Å²) in [4.78, 5) is 4.03. The van der Waals surface area contributed by atoms with E-state index in [-0.39, 0.29) is 51.2 Å². The summed E-state index contributed by atoms with van der Waals surface area (Å²) in [6.07, 6.45) is 1.67. The number of aromatic nitrogens is 1. The molecule has 0 aliphatic heterocycles. The number of hydrogen-bond donors (Lipinski definition) is 1. The first kappa shape index (κ1) is 9.99. The number of nitrogens with zero attached hydrogens (tertiary/aromatic N) is 1. The Morgan fingerprint density at radius 1 is 1.08 bits per heavy atom. The summed E-state index contributed by atoms with van der Waals surface area (Å²) < 4.78 is 0. The SMILES string of the molecule is Oc1cccc2cccnc12.[SrH2]. The van der Waals surface area contributed by atoms with Gasteiger partial charge in [-0.15, -0.1) is 0 Å². The van der Waals surface area contributed by atoms with Gasteiger partial charge in [-0.2, -0.15) is 0 Å². The third-order valence-corrected chi connectivity index (χ3v) is 1.61. The molecule has 0 bridgehead atoms. The van der Waals surface area contributed by atoms with Crippen LogP contribution in [-0.4, -0.2) is 55.6 Å². The molecule has 0 saturated carbocycles. The Morgan fingerprint density at radius 3 is 2.58 bits per heavy atom. The van der Waals surface area contributed by atoms with Gasteiger partial charge in [0.15, 0.2) is 0 Å². The maximum atomic E-state index is 9.31. The van der Waals surface area contributed by atoms with Gasteiger partial charge in [0, 0.05) is 11.6 Å². The molecule has 0 saturated heterocycles. The van der Waals surface area contributed by atoms with Crippen molar-refractivity contribution >= 4 is 56.4 Å². The van der Waals surface area contributed by atoms with Crippen molar-refractivity contribution in [1.82, 2.24) is 4.98 Å². The molecule has 1 N–H and O–H groups in total. The van der Waals surface area contributed by atoms with Crippen molar-refractivity contribution in [3.8, 4) is 5.75 Å². The van der Waals surface area contributed by atoms with Crippen LogP contribution in [0.25, 0.3) is 10.9 Å². The van der Waals surface area contributed by atoms with Crippen LogP contribution in [0.4, 0.5) is 0 Å². The molecule has 2 nitrogen and oxygen atoms in total. The molecule has 0 fully saturated rings. The normalized spacial score (nSPS) is 9.33. The van der Waals surface area contributed by atoms with Crippen molar-refractivity contribution in [2.75, 3.05) is 0 Å². The monoisotopic (exact) mass is 235 g/mol. The van der Waals surface area contributed by atoms with Crippen LogP contribution in [-0.2, 0) is 0 Å². The Kier molecular flexibility index (Phi) is 3.53. The zero-order valence-corrected chi connectivity index (χ0v) is 5.86. The predicted molar refractivity (Wildman–Crippen MR) is 52.0 cm³/mol. The van der Waals surface area contributed by atoms with E-state index in [1.165, 1.54) is 0 Å². The van der Waals surface area contributed by atoms with Gasteiger partial charge in [0.25, 0.3) is 0 Å². The fourth-order valence-electron chi connectivity index (χ4n) is 1.09. The first-order valence-corrected chi connectivity index (χ1v) is 3.40. The predicted octanol–water partition coefficient (Wildman–Crippen LogP) is 1.02. The van der Waals surface area contributed by atoms with Crippen molar-refractivity contribution in [1.29, 1.82) is 0 Å². The second kappa shape index (κ2) is 4.23. The van der Waals surface area contributed by atoms with Crippen LogP contribution >= 0.6 is 0 Å². The molecule has 0 atom stereocenters. The van der Waals surface area contributed by atoms with Crippen molar-refractivity contribution in [3.05, 3.63) is 36.5 Å². The van der Waals surface area contributed by atoms with Gasteiger partial charge in [0.1, 0.15) is 11.3 Å². The van der Waals surface area contributed by atoms with Crippen LogP contribution in [0.3, 0.4) is 0 Å². The number of pyridine rings is 1. The number of phenols is 1. The molecule has 1 aromatic heterocycles. The van der Waals surface area contributed by atoms with Gasteiger partial charge < -0.3 is 5.11 Å². The Morgan fingerprint density at radius 2 is 1.83 bits per heavy atom. The summed E-state index contributed by atoms with van der Waals surface area (Å²) in [6, 6.07) is 9.13. The fraction of sp³-hybridized carbons (Fsp3) is 0. The molecule has 1 heterocycles. The summed E-state index contributed by atoms with van der Waals surface area (Å²) in [6.45, 7) is 0. The Bertz CT molecular complexity index is 384. The number of hydrogen-bond acceptors (Lipinski definition) is 2. The topological polar surface area (TPSA) is 33.1 Å². The second-order valence-electron chi connectivity index (χ2n) is 2.35. The molecule has 0 radical (unpaired) electrons. The molecular formula is C9H9NOSr. The molecule has 0 amide bonds. The standard InChI is InChI=1S/C9H7NO.Sr.2H/c11-8-5-1-3-7-4-2-6-10-9(7)8;;;/h1-6,11H;;;. The average molecular weight is 235 g/mol. The molecule has 0 aliphatic rings. The Labute approximate surface area is 108 Å². The summed E-state index contributed by atoms with van der Waals surface area (Å²) in [5, 5.41) is 10.3. The molecule has 0 spiro atoms. The van der Waals surface area contributed by atoms with Crippen LogP contribution in [0, 0.1) is 0 Å². The minimum absolute atomic E-state index is 0. The molecule has 12 heavy (non-hydrogen) atoms. The zero-order chi connectivity index (χ0) is 7.68. The molecule has 58 valence electrons. The van der Waals surface area contributed by atoms with Crippen molar-refractivity contribution in [3.63, 3.8) is 0 Å². The number of rotatable bonds is 0. The zero-order valence-electron chi connectivity index (χ0n) is 5.86. The van der Waals surface area contributed by atoms with Gasteiger partial charge in [-0.1, -0.05) is 18.2 Å². The number of aromatic hydroxyl groups is 1.